The topological polar surface area (TPSA) is 45.2 Å². The Bertz CT molecular complexity index is 406. The first-order valence-electron chi connectivity index (χ1n) is 6.77. The van der Waals surface area contributed by atoms with Crippen LogP contribution in [0.5, 0.6) is 0 Å². The van der Waals surface area contributed by atoms with Crippen molar-refractivity contribution in [2.45, 2.75) is 39.2 Å². The van der Waals surface area contributed by atoms with Gasteiger partial charge in [0.25, 0.3) is 0 Å². The van der Waals surface area contributed by atoms with Gasteiger partial charge in [0.15, 0.2) is 0 Å². The number of piperidine rings is 1. The van der Waals surface area contributed by atoms with E-state index in [-0.39, 0.29) is 5.91 Å². The first kappa shape index (κ1) is 12.9. The lowest BCUT2D eigenvalue weighted by molar-refractivity contribution is -0.133. The molecule has 2 rings (SSSR count). The van der Waals surface area contributed by atoms with Gasteiger partial charge in [-0.2, -0.15) is 0 Å². The van der Waals surface area contributed by atoms with Gasteiger partial charge in [0.05, 0.1) is 12.2 Å². The number of aromatic nitrogens is 1. The second-order valence-corrected chi connectivity index (χ2v) is 4.71. The number of hydrogen-bond acceptors (Lipinski definition) is 3. The van der Waals surface area contributed by atoms with Gasteiger partial charge >= 0.3 is 0 Å². The third-order valence-corrected chi connectivity index (χ3v) is 3.14. The Morgan fingerprint density at radius 2 is 2.28 bits per heavy atom. The number of hydrogen-bond donors (Lipinski definition) is 1. The van der Waals surface area contributed by atoms with Crippen molar-refractivity contribution in [2.75, 3.05) is 18.4 Å². The lowest BCUT2D eigenvalue weighted by Crippen LogP contribution is -2.34. The molecule has 1 aromatic rings. The highest BCUT2D eigenvalue weighted by atomic mass is 16.2. The molecule has 0 atom stereocenters. The van der Waals surface area contributed by atoms with Crippen molar-refractivity contribution in [3.05, 3.63) is 23.9 Å². The molecule has 1 amide bonds. The molecule has 2 heterocycles. The summed E-state index contributed by atoms with van der Waals surface area (Å²) in [4.78, 5) is 18.2. The first-order chi connectivity index (χ1) is 8.79. The Morgan fingerprint density at radius 3 is 3.06 bits per heavy atom. The van der Waals surface area contributed by atoms with Crippen LogP contribution in [0.1, 0.15) is 38.3 Å². The third kappa shape index (κ3) is 3.45. The quantitative estimate of drug-likeness (QED) is 0.869. The molecule has 0 aromatic carbocycles. The highest BCUT2D eigenvalue weighted by Crippen LogP contribution is 2.14. The smallest absolute Gasteiger partial charge is 0.222 e. The molecular weight excluding hydrogens is 226 g/mol. The Balaban J connectivity index is 1.97. The van der Waals surface area contributed by atoms with E-state index in [4.69, 9.17) is 0 Å². The van der Waals surface area contributed by atoms with E-state index >= 15 is 0 Å². The Labute approximate surface area is 108 Å². The zero-order chi connectivity index (χ0) is 12.8. The Kier molecular flexibility index (Phi) is 4.56. The SMILES string of the molecule is CCCNc1cccc(CN2CCCCC2=O)n1. The van der Waals surface area contributed by atoms with E-state index < -0.39 is 0 Å². The molecule has 1 fully saturated rings. The van der Waals surface area contributed by atoms with Gasteiger partial charge in [-0.1, -0.05) is 13.0 Å². The van der Waals surface area contributed by atoms with E-state index in [0.717, 1.165) is 43.9 Å². The normalized spacial score (nSPS) is 15.8. The van der Waals surface area contributed by atoms with E-state index in [9.17, 15) is 4.79 Å². The molecule has 4 nitrogen and oxygen atoms in total. The number of likely N-dealkylation sites (tertiary alicyclic amines) is 1. The van der Waals surface area contributed by atoms with Crippen molar-refractivity contribution in [1.29, 1.82) is 0 Å². The van der Waals surface area contributed by atoms with Crippen LogP contribution in [0.3, 0.4) is 0 Å². The van der Waals surface area contributed by atoms with Crippen LogP contribution in [0.4, 0.5) is 5.82 Å². The zero-order valence-electron chi connectivity index (χ0n) is 11.0. The molecule has 0 aliphatic carbocycles. The van der Waals surface area contributed by atoms with Gasteiger partial charge in [-0.25, -0.2) is 4.98 Å². The summed E-state index contributed by atoms with van der Waals surface area (Å²) >= 11 is 0. The van der Waals surface area contributed by atoms with Crippen LogP contribution < -0.4 is 5.32 Å². The summed E-state index contributed by atoms with van der Waals surface area (Å²) in [7, 11) is 0. The van der Waals surface area contributed by atoms with Crippen molar-refractivity contribution in [1.82, 2.24) is 9.88 Å². The number of carbonyl (C=O) groups excluding carboxylic acids is 1. The number of nitrogens with zero attached hydrogens (tertiary/aromatic N) is 2. The summed E-state index contributed by atoms with van der Waals surface area (Å²) in [6, 6.07) is 5.95. The van der Waals surface area contributed by atoms with Crippen molar-refractivity contribution in [3.8, 4) is 0 Å². The fraction of sp³-hybridized carbons (Fsp3) is 0.571. The molecule has 0 saturated carbocycles. The van der Waals surface area contributed by atoms with Crippen molar-refractivity contribution >= 4 is 11.7 Å². The number of nitrogens with one attached hydrogen (secondary N) is 1. The molecule has 0 radical (unpaired) electrons. The molecule has 1 aliphatic rings. The molecule has 18 heavy (non-hydrogen) atoms. The highest BCUT2D eigenvalue weighted by molar-refractivity contribution is 5.76. The maximum atomic E-state index is 11.7. The van der Waals surface area contributed by atoms with E-state index in [1.54, 1.807) is 0 Å². The predicted molar refractivity (Wildman–Crippen MR) is 72.3 cm³/mol. The van der Waals surface area contributed by atoms with Crippen LogP contribution in [0.25, 0.3) is 0 Å². The van der Waals surface area contributed by atoms with Gasteiger partial charge in [0.2, 0.25) is 5.91 Å². The van der Waals surface area contributed by atoms with Crippen LogP contribution in [-0.4, -0.2) is 28.9 Å². The van der Waals surface area contributed by atoms with E-state index in [2.05, 4.69) is 17.2 Å². The molecule has 1 saturated heterocycles. The van der Waals surface area contributed by atoms with Crippen LogP contribution in [0, 0.1) is 0 Å². The Hall–Kier alpha value is -1.58. The highest BCUT2D eigenvalue weighted by Gasteiger charge is 2.18. The molecule has 0 unspecified atom stereocenters. The van der Waals surface area contributed by atoms with Crippen LogP contribution in [-0.2, 0) is 11.3 Å². The van der Waals surface area contributed by atoms with Crippen LogP contribution in [0.2, 0.25) is 0 Å². The molecular formula is C14H21N3O. The lowest BCUT2D eigenvalue weighted by atomic mass is 10.1. The molecule has 1 aliphatic heterocycles. The molecule has 1 N–H and O–H groups in total. The number of carbonyl (C=O) groups is 1. The Morgan fingerprint density at radius 1 is 1.39 bits per heavy atom. The molecule has 4 heteroatoms. The molecule has 0 spiro atoms. The molecule has 98 valence electrons. The largest absolute Gasteiger partial charge is 0.370 e. The zero-order valence-corrected chi connectivity index (χ0v) is 11.0. The minimum atomic E-state index is 0.259. The number of rotatable bonds is 5. The summed E-state index contributed by atoms with van der Waals surface area (Å²) in [6.07, 6.45) is 3.91. The average molecular weight is 247 g/mol. The second kappa shape index (κ2) is 6.38. The summed E-state index contributed by atoms with van der Waals surface area (Å²) in [6.45, 7) is 4.57. The van der Waals surface area contributed by atoms with Gasteiger partial charge in [-0.3, -0.25) is 4.79 Å². The maximum absolute atomic E-state index is 11.7. The summed E-state index contributed by atoms with van der Waals surface area (Å²) in [5.74, 6) is 1.16. The van der Waals surface area contributed by atoms with Gasteiger partial charge < -0.3 is 10.2 Å². The third-order valence-electron chi connectivity index (χ3n) is 3.14. The van der Waals surface area contributed by atoms with Crippen LogP contribution >= 0.6 is 0 Å². The standard InChI is InChI=1S/C14H21N3O/c1-2-9-15-13-7-5-6-12(16-13)11-17-10-4-3-8-14(17)18/h5-7H,2-4,8-11H2,1H3,(H,15,16). The van der Waals surface area contributed by atoms with Crippen LogP contribution in [0.15, 0.2) is 18.2 Å². The monoisotopic (exact) mass is 247 g/mol. The van der Waals surface area contributed by atoms with Gasteiger partial charge in [0.1, 0.15) is 5.82 Å². The van der Waals surface area contributed by atoms with E-state index in [1.165, 1.54) is 0 Å². The lowest BCUT2D eigenvalue weighted by Gasteiger charge is -2.26. The maximum Gasteiger partial charge on any atom is 0.222 e. The van der Waals surface area contributed by atoms with Crippen molar-refractivity contribution in [3.63, 3.8) is 0 Å². The second-order valence-electron chi connectivity index (χ2n) is 4.71. The number of anilines is 1. The van der Waals surface area contributed by atoms with E-state index in [0.29, 0.717) is 13.0 Å². The van der Waals surface area contributed by atoms with Crippen molar-refractivity contribution < 1.29 is 4.79 Å². The van der Waals surface area contributed by atoms with E-state index in [1.807, 2.05) is 23.1 Å². The summed E-state index contributed by atoms with van der Waals surface area (Å²) < 4.78 is 0. The number of amides is 1. The fourth-order valence-electron chi connectivity index (χ4n) is 2.14. The minimum Gasteiger partial charge on any atom is -0.370 e. The fourth-order valence-corrected chi connectivity index (χ4v) is 2.14. The van der Waals surface area contributed by atoms with Gasteiger partial charge in [-0.05, 0) is 31.4 Å². The summed E-state index contributed by atoms with van der Waals surface area (Å²) in [5.41, 5.74) is 0.964. The number of pyridine rings is 1. The van der Waals surface area contributed by atoms with Gasteiger partial charge in [-0.15, -0.1) is 0 Å². The van der Waals surface area contributed by atoms with Gasteiger partial charge in [0, 0.05) is 19.5 Å². The molecule has 1 aromatic heterocycles. The molecule has 0 bridgehead atoms. The minimum absolute atomic E-state index is 0.259. The predicted octanol–water partition coefficient (Wildman–Crippen LogP) is 2.42. The average Bonchev–Trinajstić information content (AvgIpc) is 2.40. The summed E-state index contributed by atoms with van der Waals surface area (Å²) in [5, 5.41) is 3.27. The van der Waals surface area contributed by atoms with Crippen molar-refractivity contribution in [2.24, 2.45) is 0 Å². The first-order valence-corrected chi connectivity index (χ1v) is 6.77.